The molecule has 146 valence electrons. The van der Waals surface area contributed by atoms with Crippen LogP contribution in [0.3, 0.4) is 0 Å². The van der Waals surface area contributed by atoms with Gasteiger partial charge >= 0.3 is 0 Å². The quantitative estimate of drug-likeness (QED) is 0.823. The molecule has 8 heteroatoms. The van der Waals surface area contributed by atoms with Crippen LogP contribution in [0.15, 0.2) is 41.3 Å². The van der Waals surface area contributed by atoms with Gasteiger partial charge in [-0.15, -0.1) is 12.4 Å². The Morgan fingerprint density at radius 1 is 1.26 bits per heavy atom. The maximum atomic E-state index is 13.0. The van der Waals surface area contributed by atoms with E-state index in [1.54, 1.807) is 18.2 Å². The van der Waals surface area contributed by atoms with E-state index in [1.807, 2.05) is 30.0 Å². The van der Waals surface area contributed by atoms with E-state index in [4.69, 9.17) is 0 Å². The Balaban J connectivity index is 0.00000210. The number of carbonyl (C=O) groups is 1. The fourth-order valence-corrected chi connectivity index (χ4v) is 5.66. The minimum absolute atomic E-state index is 0. The third-order valence-corrected chi connectivity index (χ3v) is 7.02. The van der Waals surface area contributed by atoms with Crippen LogP contribution < -0.4 is 9.62 Å². The van der Waals surface area contributed by atoms with Gasteiger partial charge in [0.2, 0.25) is 5.91 Å². The molecule has 2 aromatic rings. The number of anilines is 1. The molecular weight excluding hydrogens is 386 g/mol. The number of hydrogen-bond donors (Lipinski definition) is 1. The molecule has 2 aliphatic heterocycles. The van der Waals surface area contributed by atoms with E-state index in [-0.39, 0.29) is 30.9 Å². The van der Waals surface area contributed by atoms with E-state index in [0.29, 0.717) is 22.5 Å². The monoisotopic (exact) mass is 409 g/mol. The van der Waals surface area contributed by atoms with Crippen molar-refractivity contribution in [3.63, 3.8) is 0 Å². The van der Waals surface area contributed by atoms with Crippen LogP contribution in [0.1, 0.15) is 19.8 Å². The van der Waals surface area contributed by atoms with Gasteiger partial charge in [0, 0.05) is 24.5 Å². The summed E-state index contributed by atoms with van der Waals surface area (Å²) < 4.78 is 27.4. The highest BCUT2D eigenvalue weighted by atomic mass is 35.5. The second-order valence-electron chi connectivity index (χ2n) is 6.88. The minimum Gasteiger partial charge on any atom is -0.337 e. The fraction of sp³-hybridized carbons (Fsp3) is 0.421. The van der Waals surface area contributed by atoms with Crippen LogP contribution in [0.2, 0.25) is 0 Å². The van der Waals surface area contributed by atoms with E-state index in [1.165, 1.54) is 4.31 Å². The summed E-state index contributed by atoms with van der Waals surface area (Å²) in [6.45, 7) is 4.20. The molecule has 1 fully saturated rings. The summed E-state index contributed by atoms with van der Waals surface area (Å²) in [5, 5.41) is 4.87. The average Bonchev–Trinajstić information content (AvgIpc) is 3.23. The first-order chi connectivity index (χ1) is 12.5. The van der Waals surface area contributed by atoms with Crippen molar-refractivity contribution in [3.05, 3.63) is 36.4 Å². The lowest BCUT2D eigenvalue weighted by Crippen LogP contribution is -2.47. The molecule has 2 aromatic carbocycles. The molecule has 0 aromatic heterocycles. The maximum absolute atomic E-state index is 13.0. The first-order valence-electron chi connectivity index (χ1n) is 9.08. The molecule has 27 heavy (non-hydrogen) atoms. The van der Waals surface area contributed by atoms with Gasteiger partial charge in [0.1, 0.15) is 6.54 Å². The number of amides is 1. The van der Waals surface area contributed by atoms with Crippen molar-refractivity contribution in [1.82, 2.24) is 10.2 Å². The molecule has 0 saturated carbocycles. The number of carbonyl (C=O) groups excluding carboxylic acids is 1. The summed E-state index contributed by atoms with van der Waals surface area (Å²) in [6, 6.07) is 10.9. The molecule has 1 atom stereocenters. The van der Waals surface area contributed by atoms with Gasteiger partial charge in [0.05, 0.1) is 10.6 Å². The van der Waals surface area contributed by atoms with Crippen LogP contribution in [0, 0.1) is 0 Å². The van der Waals surface area contributed by atoms with Crippen molar-refractivity contribution in [2.75, 3.05) is 30.5 Å². The first kappa shape index (κ1) is 19.9. The number of benzene rings is 2. The van der Waals surface area contributed by atoms with E-state index >= 15 is 0 Å². The average molecular weight is 410 g/mol. The van der Waals surface area contributed by atoms with Gasteiger partial charge in [0.25, 0.3) is 10.0 Å². The molecule has 0 bridgehead atoms. The van der Waals surface area contributed by atoms with Crippen molar-refractivity contribution in [3.8, 4) is 0 Å². The zero-order valence-corrected chi connectivity index (χ0v) is 16.9. The molecule has 1 N–H and O–H groups in total. The van der Waals surface area contributed by atoms with E-state index < -0.39 is 10.0 Å². The number of sulfonamides is 1. The van der Waals surface area contributed by atoms with Crippen molar-refractivity contribution >= 4 is 44.8 Å². The van der Waals surface area contributed by atoms with Gasteiger partial charge in [-0.1, -0.05) is 31.2 Å². The lowest BCUT2D eigenvalue weighted by atomic mass is 10.1. The fourth-order valence-electron chi connectivity index (χ4n) is 4.00. The molecule has 0 radical (unpaired) electrons. The Kier molecular flexibility index (Phi) is 5.65. The van der Waals surface area contributed by atoms with Gasteiger partial charge < -0.3 is 10.2 Å². The molecular formula is C19H24ClN3O3S. The number of rotatable bonds is 5. The molecule has 1 saturated heterocycles. The normalized spacial score (nSPS) is 19.9. The number of nitrogens with one attached hydrogen (secondary N) is 1. The number of nitrogens with zero attached hydrogens (tertiary/aromatic N) is 2. The molecule has 0 spiro atoms. The Morgan fingerprint density at radius 3 is 2.67 bits per heavy atom. The standard InChI is InChI=1S/C19H23N3O3S.ClH/c1-2-11-21(15-9-10-20-12-15)18(23)13-22-16-7-3-5-14-6-4-8-17(19(14)16)26(22,24)25;/h3-8,15,20H,2,9-13H2,1H3;1H. The zero-order chi connectivity index (χ0) is 18.3. The molecule has 4 rings (SSSR count). The largest absolute Gasteiger partial charge is 0.337 e. The zero-order valence-electron chi connectivity index (χ0n) is 15.2. The van der Waals surface area contributed by atoms with Gasteiger partial charge in [-0.05, 0) is 36.9 Å². The third-order valence-electron chi connectivity index (χ3n) is 5.22. The Bertz CT molecular complexity index is 953. The lowest BCUT2D eigenvalue weighted by molar-refractivity contribution is -0.131. The topological polar surface area (TPSA) is 69.7 Å². The van der Waals surface area contributed by atoms with Crippen LogP contribution >= 0.6 is 12.4 Å². The van der Waals surface area contributed by atoms with Crippen LogP contribution in [-0.2, 0) is 14.8 Å². The lowest BCUT2D eigenvalue weighted by Gasteiger charge is -2.30. The highest BCUT2D eigenvalue weighted by Gasteiger charge is 2.38. The van der Waals surface area contributed by atoms with Gasteiger partial charge in [-0.2, -0.15) is 0 Å². The smallest absolute Gasteiger partial charge is 0.265 e. The summed E-state index contributed by atoms with van der Waals surface area (Å²) in [5.74, 6) is -0.131. The highest BCUT2D eigenvalue weighted by molar-refractivity contribution is 7.93. The SMILES string of the molecule is CCCN(C(=O)CN1c2cccc3cccc(c23)S1(=O)=O)C1CCNC1.Cl. The van der Waals surface area contributed by atoms with Crippen LogP contribution in [0.4, 0.5) is 5.69 Å². The summed E-state index contributed by atoms with van der Waals surface area (Å²) in [4.78, 5) is 15.2. The summed E-state index contributed by atoms with van der Waals surface area (Å²) >= 11 is 0. The summed E-state index contributed by atoms with van der Waals surface area (Å²) in [6.07, 6.45) is 1.76. The van der Waals surface area contributed by atoms with E-state index in [0.717, 1.165) is 31.3 Å². The predicted molar refractivity (Wildman–Crippen MR) is 109 cm³/mol. The second kappa shape index (κ2) is 7.66. The van der Waals surface area contributed by atoms with Crippen LogP contribution in [0.5, 0.6) is 0 Å². The summed E-state index contributed by atoms with van der Waals surface area (Å²) in [5.41, 5.74) is 0.604. The predicted octanol–water partition coefficient (Wildman–Crippen LogP) is 2.37. The van der Waals surface area contributed by atoms with E-state index in [9.17, 15) is 13.2 Å². The van der Waals surface area contributed by atoms with Crippen LogP contribution in [-0.4, -0.2) is 51.4 Å². The van der Waals surface area contributed by atoms with Gasteiger partial charge in [0.15, 0.2) is 0 Å². The second-order valence-corrected chi connectivity index (χ2v) is 8.71. The number of hydrogen-bond acceptors (Lipinski definition) is 4. The summed E-state index contributed by atoms with van der Waals surface area (Å²) in [7, 11) is -3.70. The molecule has 6 nitrogen and oxygen atoms in total. The van der Waals surface area contributed by atoms with Crippen LogP contribution in [0.25, 0.3) is 10.8 Å². The van der Waals surface area contributed by atoms with Crippen molar-refractivity contribution in [2.45, 2.75) is 30.7 Å². The first-order valence-corrected chi connectivity index (χ1v) is 10.5. The Labute approximate surface area is 166 Å². The molecule has 2 aliphatic rings. The van der Waals surface area contributed by atoms with Gasteiger partial charge in [-0.3, -0.25) is 9.10 Å². The highest BCUT2D eigenvalue weighted by Crippen LogP contribution is 2.41. The van der Waals surface area contributed by atoms with Crippen molar-refractivity contribution in [2.24, 2.45) is 0 Å². The number of halogens is 1. The molecule has 2 heterocycles. The minimum atomic E-state index is -3.70. The third kappa shape index (κ3) is 3.28. The Morgan fingerprint density at radius 2 is 2.00 bits per heavy atom. The Hall–Kier alpha value is -1.83. The van der Waals surface area contributed by atoms with Crippen molar-refractivity contribution in [1.29, 1.82) is 0 Å². The van der Waals surface area contributed by atoms with Crippen molar-refractivity contribution < 1.29 is 13.2 Å². The maximum Gasteiger partial charge on any atom is 0.265 e. The van der Waals surface area contributed by atoms with Gasteiger partial charge in [-0.25, -0.2) is 8.42 Å². The molecule has 1 unspecified atom stereocenters. The molecule has 1 amide bonds. The molecule has 0 aliphatic carbocycles. The van der Waals surface area contributed by atoms with E-state index in [2.05, 4.69) is 5.32 Å².